The Labute approximate surface area is 114 Å². The average Bonchev–Trinajstić information content (AvgIpc) is 2.39. The molecule has 2 heterocycles. The van der Waals surface area contributed by atoms with Gasteiger partial charge in [-0.15, -0.1) is 0 Å². The fourth-order valence-corrected chi connectivity index (χ4v) is 2.40. The number of hydrogen-bond acceptors (Lipinski definition) is 4. The molecule has 1 aliphatic rings. The Morgan fingerprint density at radius 3 is 3.05 bits per heavy atom. The Kier molecular flexibility index (Phi) is 5.10. The van der Waals surface area contributed by atoms with Crippen molar-refractivity contribution in [2.75, 3.05) is 19.6 Å². The van der Waals surface area contributed by atoms with E-state index in [2.05, 4.69) is 20.6 Å². The quantitative estimate of drug-likeness (QED) is 0.741. The summed E-state index contributed by atoms with van der Waals surface area (Å²) >= 11 is 0. The monoisotopic (exact) mass is 264 g/mol. The van der Waals surface area contributed by atoms with E-state index in [1.807, 2.05) is 13.8 Å². The van der Waals surface area contributed by atoms with Gasteiger partial charge in [-0.05, 0) is 38.4 Å². The fourth-order valence-electron chi connectivity index (χ4n) is 2.40. The maximum absolute atomic E-state index is 11.5. The minimum absolute atomic E-state index is 0.0603. The van der Waals surface area contributed by atoms with Gasteiger partial charge in [0.15, 0.2) is 0 Å². The predicted molar refractivity (Wildman–Crippen MR) is 76.2 cm³/mol. The van der Waals surface area contributed by atoms with Crippen molar-refractivity contribution in [1.82, 2.24) is 20.6 Å². The molecule has 1 unspecified atom stereocenters. The number of hydrogen-bond donors (Lipinski definition) is 3. The standard InChI is InChI=1S/C14H24N4O/c1-10(2)14-17-12(6-13(19)18-14)9-16-8-11-4-3-5-15-7-11/h6,10-11,15-16H,3-5,7-9H2,1-2H3,(H,17,18,19). The zero-order chi connectivity index (χ0) is 13.7. The molecule has 1 aromatic rings. The largest absolute Gasteiger partial charge is 0.316 e. The van der Waals surface area contributed by atoms with Crippen molar-refractivity contribution in [3.05, 3.63) is 27.9 Å². The number of H-pyrrole nitrogens is 1. The second kappa shape index (κ2) is 6.82. The molecular weight excluding hydrogens is 240 g/mol. The van der Waals surface area contributed by atoms with Crippen LogP contribution >= 0.6 is 0 Å². The third kappa shape index (κ3) is 4.44. The summed E-state index contributed by atoms with van der Waals surface area (Å²) in [6.45, 7) is 7.95. The molecular formula is C14H24N4O. The van der Waals surface area contributed by atoms with E-state index >= 15 is 0 Å². The fraction of sp³-hybridized carbons (Fsp3) is 0.714. The first-order valence-electron chi connectivity index (χ1n) is 7.16. The predicted octanol–water partition coefficient (Wildman–Crippen LogP) is 0.982. The molecule has 1 aliphatic heterocycles. The van der Waals surface area contributed by atoms with Crippen LogP contribution in [0.1, 0.15) is 44.1 Å². The van der Waals surface area contributed by atoms with Crippen LogP contribution in [0.15, 0.2) is 10.9 Å². The van der Waals surface area contributed by atoms with Gasteiger partial charge in [-0.2, -0.15) is 0 Å². The number of nitrogens with one attached hydrogen (secondary N) is 3. The summed E-state index contributed by atoms with van der Waals surface area (Å²) < 4.78 is 0. The summed E-state index contributed by atoms with van der Waals surface area (Å²) in [7, 11) is 0. The lowest BCUT2D eigenvalue weighted by Crippen LogP contribution is -2.36. The van der Waals surface area contributed by atoms with Crippen LogP contribution in [0.25, 0.3) is 0 Å². The van der Waals surface area contributed by atoms with Crippen molar-refractivity contribution in [2.24, 2.45) is 5.92 Å². The number of piperidine rings is 1. The Bertz CT molecular complexity index is 449. The van der Waals surface area contributed by atoms with Gasteiger partial charge in [0.2, 0.25) is 0 Å². The van der Waals surface area contributed by atoms with Crippen LogP contribution in [0, 0.1) is 5.92 Å². The molecule has 3 N–H and O–H groups in total. The Hall–Kier alpha value is -1.20. The van der Waals surface area contributed by atoms with E-state index < -0.39 is 0 Å². The number of nitrogens with zero attached hydrogens (tertiary/aromatic N) is 1. The molecule has 0 radical (unpaired) electrons. The maximum atomic E-state index is 11.5. The molecule has 1 saturated heterocycles. The second-order valence-corrected chi connectivity index (χ2v) is 5.62. The van der Waals surface area contributed by atoms with Crippen molar-refractivity contribution in [1.29, 1.82) is 0 Å². The van der Waals surface area contributed by atoms with Crippen LogP contribution in [-0.2, 0) is 6.54 Å². The van der Waals surface area contributed by atoms with E-state index in [1.54, 1.807) is 6.07 Å². The van der Waals surface area contributed by atoms with Crippen LogP contribution in [-0.4, -0.2) is 29.6 Å². The lowest BCUT2D eigenvalue weighted by molar-refractivity contribution is 0.359. The molecule has 0 spiro atoms. The van der Waals surface area contributed by atoms with Crippen LogP contribution in [0.2, 0.25) is 0 Å². The van der Waals surface area contributed by atoms with E-state index in [1.165, 1.54) is 12.8 Å². The Balaban J connectivity index is 1.86. The number of aromatic amines is 1. The molecule has 0 amide bonds. The first-order valence-corrected chi connectivity index (χ1v) is 7.16. The average molecular weight is 264 g/mol. The molecule has 1 atom stereocenters. The topological polar surface area (TPSA) is 69.8 Å². The Morgan fingerprint density at radius 1 is 1.53 bits per heavy atom. The normalized spacial score (nSPS) is 19.8. The van der Waals surface area contributed by atoms with Crippen LogP contribution in [0.3, 0.4) is 0 Å². The zero-order valence-corrected chi connectivity index (χ0v) is 11.8. The highest BCUT2D eigenvalue weighted by Crippen LogP contribution is 2.09. The summed E-state index contributed by atoms with van der Waals surface area (Å²) in [5.74, 6) is 1.71. The first-order chi connectivity index (χ1) is 9.15. The molecule has 106 valence electrons. The summed E-state index contributed by atoms with van der Waals surface area (Å²) in [5.41, 5.74) is 0.769. The maximum Gasteiger partial charge on any atom is 0.251 e. The molecule has 0 bridgehead atoms. The molecule has 0 aliphatic carbocycles. The van der Waals surface area contributed by atoms with Crippen molar-refractivity contribution in [3.63, 3.8) is 0 Å². The van der Waals surface area contributed by atoms with E-state index in [4.69, 9.17) is 0 Å². The number of aromatic nitrogens is 2. The summed E-state index contributed by atoms with van der Waals surface area (Å²) in [5, 5.41) is 6.82. The van der Waals surface area contributed by atoms with Crippen LogP contribution in [0.5, 0.6) is 0 Å². The third-order valence-electron chi connectivity index (χ3n) is 3.50. The lowest BCUT2D eigenvalue weighted by atomic mass is 10.00. The van der Waals surface area contributed by atoms with Crippen molar-refractivity contribution in [2.45, 2.75) is 39.2 Å². The molecule has 2 rings (SSSR count). The molecule has 19 heavy (non-hydrogen) atoms. The SMILES string of the molecule is CC(C)c1nc(CNCC2CCCNC2)cc(=O)[nH]1. The van der Waals surface area contributed by atoms with Gasteiger partial charge in [-0.3, -0.25) is 4.79 Å². The van der Waals surface area contributed by atoms with Gasteiger partial charge in [0.1, 0.15) is 5.82 Å². The smallest absolute Gasteiger partial charge is 0.251 e. The highest BCUT2D eigenvalue weighted by atomic mass is 16.1. The lowest BCUT2D eigenvalue weighted by Gasteiger charge is -2.22. The van der Waals surface area contributed by atoms with Crippen LogP contribution < -0.4 is 16.2 Å². The van der Waals surface area contributed by atoms with Gasteiger partial charge < -0.3 is 15.6 Å². The van der Waals surface area contributed by atoms with Crippen molar-refractivity contribution < 1.29 is 0 Å². The minimum Gasteiger partial charge on any atom is -0.316 e. The van der Waals surface area contributed by atoms with Crippen molar-refractivity contribution >= 4 is 0 Å². The highest BCUT2D eigenvalue weighted by Gasteiger charge is 2.12. The molecule has 0 saturated carbocycles. The molecule has 1 aromatic heterocycles. The minimum atomic E-state index is -0.0603. The molecule has 5 heteroatoms. The molecule has 0 aromatic carbocycles. The van der Waals surface area contributed by atoms with E-state index in [9.17, 15) is 4.79 Å². The van der Waals surface area contributed by atoms with Gasteiger partial charge in [0, 0.05) is 18.5 Å². The Morgan fingerprint density at radius 2 is 2.37 bits per heavy atom. The van der Waals surface area contributed by atoms with E-state index in [-0.39, 0.29) is 11.5 Å². The third-order valence-corrected chi connectivity index (χ3v) is 3.50. The zero-order valence-electron chi connectivity index (χ0n) is 11.8. The van der Waals surface area contributed by atoms with Gasteiger partial charge in [-0.25, -0.2) is 4.98 Å². The van der Waals surface area contributed by atoms with Crippen LogP contribution in [0.4, 0.5) is 0 Å². The van der Waals surface area contributed by atoms with Gasteiger partial charge in [0.25, 0.3) is 5.56 Å². The van der Waals surface area contributed by atoms with E-state index in [0.29, 0.717) is 12.5 Å². The highest BCUT2D eigenvalue weighted by molar-refractivity contribution is 5.04. The van der Waals surface area contributed by atoms with Crippen molar-refractivity contribution in [3.8, 4) is 0 Å². The summed E-state index contributed by atoms with van der Waals surface area (Å²) in [6, 6.07) is 1.58. The first kappa shape index (κ1) is 14.2. The van der Waals surface area contributed by atoms with Gasteiger partial charge in [0.05, 0.1) is 5.69 Å². The molecule has 1 fully saturated rings. The van der Waals surface area contributed by atoms with Gasteiger partial charge in [-0.1, -0.05) is 13.8 Å². The summed E-state index contributed by atoms with van der Waals surface area (Å²) in [4.78, 5) is 18.8. The molecule has 5 nitrogen and oxygen atoms in total. The second-order valence-electron chi connectivity index (χ2n) is 5.62. The van der Waals surface area contributed by atoms with E-state index in [0.717, 1.165) is 31.2 Å². The number of rotatable bonds is 5. The van der Waals surface area contributed by atoms with Gasteiger partial charge >= 0.3 is 0 Å². The summed E-state index contributed by atoms with van der Waals surface area (Å²) in [6.07, 6.45) is 2.53.